The molecule has 0 N–H and O–H groups in total. The van der Waals surface area contributed by atoms with E-state index in [-0.39, 0.29) is 19.8 Å². The van der Waals surface area contributed by atoms with E-state index in [4.69, 9.17) is 75.8 Å². The molecule has 0 saturated carbocycles. The van der Waals surface area contributed by atoms with Crippen LogP contribution < -0.4 is 0 Å². The molecule has 3 fully saturated rings. The topological polar surface area (TPSA) is 148 Å². The van der Waals surface area contributed by atoms with Gasteiger partial charge >= 0.3 is 0 Å². The van der Waals surface area contributed by atoms with Crippen LogP contribution in [0.5, 0.6) is 0 Å². The van der Waals surface area contributed by atoms with Crippen LogP contribution in [-0.2, 0) is 75.8 Å². The Kier molecular flexibility index (Phi) is 16.7. The summed E-state index contributed by atoms with van der Waals surface area (Å²) in [5.74, 6) is 0. The quantitative estimate of drug-likeness (QED) is 0.188. The number of methoxy groups -OCH3 is 11. The molecule has 0 unspecified atom stereocenters. The highest BCUT2D eigenvalue weighted by Crippen LogP contribution is 2.36. The summed E-state index contributed by atoms with van der Waals surface area (Å²) < 4.78 is 95.2. The highest BCUT2D eigenvalue weighted by Gasteiger charge is 2.56. The second kappa shape index (κ2) is 19.4. The van der Waals surface area contributed by atoms with Crippen molar-refractivity contribution in [2.45, 2.75) is 92.1 Å². The van der Waals surface area contributed by atoms with E-state index in [1.54, 1.807) is 64.0 Å². The molecule has 16 heteroatoms. The number of hydrogen-bond donors (Lipinski definition) is 0. The predicted molar refractivity (Wildman–Crippen MR) is 154 cm³/mol. The molecule has 0 bridgehead atoms. The van der Waals surface area contributed by atoms with Gasteiger partial charge in [0.15, 0.2) is 18.9 Å². The zero-order valence-corrected chi connectivity index (χ0v) is 28.3. The van der Waals surface area contributed by atoms with Gasteiger partial charge in [0.05, 0.1) is 19.8 Å². The van der Waals surface area contributed by atoms with Crippen LogP contribution in [-0.4, -0.2) is 190 Å². The lowest BCUT2D eigenvalue weighted by molar-refractivity contribution is -0.399. The molecule has 3 aliphatic rings. The van der Waals surface area contributed by atoms with E-state index in [0.717, 1.165) is 0 Å². The van der Waals surface area contributed by atoms with Crippen molar-refractivity contribution in [2.75, 3.05) is 98.0 Å². The van der Waals surface area contributed by atoms with Gasteiger partial charge in [-0.1, -0.05) is 0 Å². The summed E-state index contributed by atoms with van der Waals surface area (Å²) in [5.41, 5.74) is 0. The second-order valence-corrected chi connectivity index (χ2v) is 10.8. The third kappa shape index (κ3) is 8.70. The number of rotatable bonds is 18. The van der Waals surface area contributed by atoms with Crippen LogP contribution in [0.25, 0.3) is 0 Å². The van der Waals surface area contributed by atoms with Crippen LogP contribution in [0.2, 0.25) is 0 Å². The van der Waals surface area contributed by atoms with Crippen LogP contribution in [0.15, 0.2) is 0 Å². The number of hydrogen-bond acceptors (Lipinski definition) is 16. The molecule has 3 rings (SSSR count). The zero-order valence-electron chi connectivity index (χ0n) is 28.3. The van der Waals surface area contributed by atoms with Crippen molar-refractivity contribution in [3.8, 4) is 0 Å². The molecule has 3 aliphatic heterocycles. The Morgan fingerprint density at radius 2 is 0.578 bits per heavy atom. The van der Waals surface area contributed by atoms with Gasteiger partial charge in [0.2, 0.25) is 0 Å². The van der Waals surface area contributed by atoms with Gasteiger partial charge in [0.1, 0.15) is 73.2 Å². The lowest BCUT2D eigenvalue weighted by atomic mass is 9.96. The first kappa shape index (κ1) is 38.8. The van der Waals surface area contributed by atoms with E-state index in [0.29, 0.717) is 0 Å². The van der Waals surface area contributed by atoms with E-state index in [2.05, 4.69) is 0 Å². The molecule has 3 heterocycles. The van der Waals surface area contributed by atoms with Crippen LogP contribution in [0, 0.1) is 0 Å². The average molecular weight is 659 g/mol. The van der Waals surface area contributed by atoms with E-state index in [1.165, 1.54) is 14.2 Å². The molecule has 0 spiro atoms. The fourth-order valence-electron chi connectivity index (χ4n) is 6.44. The SMILES string of the molecule is COC[C@H]1O[C@@H](O[C@@H]2[C@@H](OC)[C@@H](O[C@H]3O[C@H](COC)[C@@H](OC)[C@H](OC)[C@H]3OC)O[C@H](COC)[C@H]2OC)[C@H](OC)[C@@H](OC)[C@H]1OC. The van der Waals surface area contributed by atoms with Gasteiger partial charge in [-0.25, -0.2) is 0 Å². The molecule has 0 aromatic rings. The third-order valence-electron chi connectivity index (χ3n) is 8.50. The number of ether oxygens (including phenoxy) is 16. The molecule has 0 aromatic heterocycles. The Hall–Kier alpha value is -0.640. The molecule has 15 atom stereocenters. The molecule has 16 nitrogen and oxygen atoms in total. The van der Waals surface area contributed by atoms with Gasteiger partial charge in [0.25, 0.3) is 0 Å². The smallest absolute Gasteiger partial charge is 0.190 e. The Labute approximate surface area is 266 Å². The first-order valence-corrected chi connectivity index (χ1v) is 14.8. The normalized spacial score (nSPS) is 42.6. The van der Waals surface area contributed by atoms with Crippen molar-refractivity contribution in [3.63, 3.8) is 0 Å². The summed E-state index contributed by atoms with van der Waals surface area (Å²) in [6, 6.07) is 0. The van der Waals surface area contributed by atoms with Gasteiger partial charge < -0.3 is 75.8 Å². The molecule has 3 saturated heterocycles. The predicted octanol–water partition coefficient (Wildman–Crippen LogP) is -0.378. The summed E-state index contributed by atoms with van der Waals surface area (Å²) in [5, 5.41) is 0. The fraction of sp³-hybridized carbons (Fsp3) is 1.00. The lowest BCUT2D eigenvalue weighted by Crippen LogP contribution is -2.67. The minimum absolute atomic E-state index is 0.157. The zero-order chi connectivity index (χ0) is 33.1. The van der Waals surface area contributed by atoms with Crippen LogP contribution >= 0.6 is 0 Å². The van der Waals surface area contributed by atoms with Gasteiger partial charge in [0, 0.05) is 78.2 Å². The molecular formula is C29H54O16. The van der Waals surface area contributed by atoms with Crippen molar-refractivity contribution >= 4 is 0 Å². The Bertz CT molecular complexity index is 810. The summed E-state index contributed by atoms with van der Waals surface area (Å²) in [4.78, 5) is 0. The highest BCUT2D eigenvalue weighted by molar-refractivity contribution is 4.98. The Balaban J connectivity index is 1.96. The largest absolute Gasteiger partial charge is 0.382 e. The average Bonchev–Trinajstić information content (AvgIpc) is 3.04. The van der Waals surface area contributed by atoms with Crippen molar-refractivity contribution in [2.24, 2.45) is 0 Å². The van der Waals surface area contributed by atoms with Crippen LogP contribution in [0.3, 0.4) is 0 Å². The maximum atomic E-state index is 6.69. The first-order valence-electron chi connectivity index (χ1n) is 14.8. The molecule has 266 valence electrons. The third-order valence-corrected chi connectivity index (χ3v) is 8.50. The van der Waals surface area contributed by atoms with Gasteiger partial charge in [-0.15, -0.1) is 0 Å². The van der Waals surface area contributed by atoms with Crippen molar-refractivity contribution in [3.05, 3.63) is 0 Å². The Morgan fingerprint density at radius 3 is 0.867 bits per heavy atom. The maximum absolute atomic E-state index is 6.69. The highest BCUT2D eigenvalue weighted by atomic mass is 16.8. The summed E-state index contributed by atoms with van der Waals surface area (Å²) in [6.45, 7) is 0.608. The van der Waals surface area contributed by atoms with Gasteiger partial charge in [-0.05, 0) is 0 Å². The Morgan fingerprint density at radius 1 is 0.311 bits per heavy atom. The molecule has 0 aromatic carbocycles. The molecular weight excluding hydrogens is 604 g/mol. The summed E-state index contributed by atoms with van der Waals surface area (Å²) in [6.07, 6.45) is -10.4. The van der Waals surface area contributed by atoms with Crippen LogP contribution in [0.4, 0.5) is 0 Å². The van der Waals surface area contributed by atoms with Crippen molar-refractivity contribution in [1.29, 1.82) is 0 Å². The van der Waals surface area contributed by atoms with Gasteiger partial charge in [-0.2, -0.15) is 0 Å². The van der Waals surface area contributed by atoms with E-state index in [1.807, 2.05) is 0 Å². The molecule has 0 radical (unpaired) electrons. The maximum Gasteiger partial charge on any atom is 0.190 e. The van der Waals surface area contributed by atoms with Crippen LogP contribution in [0.1, 0.15) is 0 Å². The van der Waals surface area contributed by atoms with E-state index < -0.39 is 92.1 Å². The summed E-state index contributed by atoms with van der Waals surface area (Å²) in [7, 11) is 17.2. The monoisotopic (exact) mass is 658 g/mol. The minimum Gasteiger partial charge on any atom is -0.382 e. The lowest BCUT2D eigenvalue weighted by Gasteiger charge is -2.50. The molecule has 0 amide bonds. The fourth-order valence-corrected chi connectivity index (χ4v) is 6.44. The van der Waals surface area contributed by atoms with Crippen molar-refractivity contribution < 1.29 is 75.8 Å². The second-order valence-electron chi connectivity index (χ2n) is 10.8. The first-order chi connectivity index (χ1) is 21.9. The van der Waals surface area contributed by atoms with Crippen molar-refractivity contribution in [1.82, 2.24) is 0 Å². The minimum atomic E-state index is -1.04. The van der Waals surface area contributed by atoms with E-state index in [9.17, 15) is 0 Å². The molecule has 0 aliphatic carbocycles. The standard InChI is InChI=1S/C29H54O16/c1-30-12-15-18(33-4)21(36-7)24(38-9)27(41-15)44-23-20(35-6)17(14-32-3)43-29(26(23)40-11)45-28-25(39-10)22(37-8)19(34-5)16(42-28)13-31-2/h15-29H,12-14H2,1-11H3/t15-,16-,17-,18+,19-,20-,21+,22+,23+,24-,25-,26-,27+,28-,29-/m1/s1. The molecule has 45 heavy (non-hydrogen) atoms. The van der Waals surface area contributed by atoms with E-state index >= 15 is 0 Å². The van der Waals surface area contributed by atoms with Gasteiger partial charge in [-0.3, -0.25) is 0 Å². The summed E-state index contributed by atoms with van der Waals surface area (Å²) >= 11 is 0.